The third-order valence-corrected chi connectivity index (χ3v) is 1.08. The first-order valence-electron chi connectivity index (χ1n) is 3.65. The zero-order valence-electron chi connectivity index (χ0n) is 7.39. The quantitative estimate of drug-likeness (QED) is 0.344. The summed E-state index contributed by atoms with van der Waals surface area (Å²) in [7, 11) is 0. The fourth-order valence-corrected chi connectivity index (χ4v) is 0.512. The first-order chi connectivity index (χ1) is 6.07. The fourth-order valence-electron chi connectivity index (χ4n) is 0.512. The monoisotopic (exact) mass is 181 g/mol. The fraction of sp³-hybridized carbons (Fsp3) is 0.375. The summed E-state index contributed by atoms with van der Waals surface area (Å²) in [6.07, 6.45) is 0. The molecule has 70 valence electrons. The highest BCUT2D eigenvalue weighted by Crippen LogP contribution is 1.81. The number of carbonyl (C=O) groups excluding carboxylic acids is 2. The van der Waals surface area contributed by atoms with Gasteiger partial charge in [0.15, 0.2) is 0 Å². The van der Waals surface area contributed by atoms with Gasteiger partial charge in [-0.1, -0.05) is 12.2 Å². The van der Waals surface area contributed by atoms with Crippen LogP contribution >= 0.6 is 0 Å². The average molecular weight is 181 g/mol. The lowest BCUT2D eigenvalue weighted by atomic mass is 10.3. The van der Waals surface area contributed by atoms with Crippen molar-refractivity contribution >= 4 is 11.8 Å². The second-order valence-corrected chi connectivity index (χ2v) is 2.48. The van der Waals surface area contributed by atoms with Crippen LogP contribution in [0, 0.1) is 11.3 Å². The smallest absolute Gasteiger partial charge is 0.310 e. The lowest BCUT2D eigenvalue weighted by Crippen LogP contribution is -2.40. The van der Waals surface area contributed by atoms with Gasteiger partial charge in [-0.15, -0.1) is 0 Å². The number of hydrogen-bond acceptors (Lipinski definition) is 3. The van der Waals surface area contributed by atoms with E-state index >= 15 is 0 Å². The minimum Gasteiger partial charge on any atom is -0.344 e. The molecule has 0 fully saturated rings. The molecule has 0 spiro atoms. The summed E-state index contributed by atoms with van der Waals surface area (Å²) in [6.45, 7) is 5.37. The van der Waals surface area contributed by atoms with Gasteiger partial charge < -0.3 is 10.6 Å². The van der Waals surface area contributed by atoms with E-state index in [-0.39, 0.29) is 13.1 Å². The van der Waals surface area contributed by atoms with Crippen molar-refractivity contribution in [1.29, 1.82) is 5.26 Å². The van der Waals surface area contributed by atoms with Gasteiger partial charge in [0.05, 0.1) is 6.07 Å². The van der Waals surface area contributed by atoms with E-state index in [1.807, 2.05) is 0 Å². The Hall–Kier alpha value is -1.83. The van der Waals surface area contributed by atoms with Gasteiger partial charge in [0.25, 0.3) is 0 Å². The Bertz CT molecular complexity index is 265. The molecule has 0 bridgehead atoms. The van der Waals surface area contributed by atoms with Gasteiger partial charge in [-0.3, -0.25) is 9.59 Å². The summed E-state index contributed by atoms with van der Waals surface area (Å²) in [5.41, 5.74) is 0.751. The number of nitriles is 1. The van der Waals surface area contributed by atoms with E-state index in [0.717, 1.165) is 5.57 Å². The summed E-state index contributed by atoms with van der Waals surface area (Å²) >= 11 is 0. The standard InChI is InChI=1S/C8H11N3O2/c1-6(2)5-11-8(13)7(12)10-4-3-9/h1,4-5H2,2H3,(H,10,12)(H,11,13). The summed E-state index contributed by atoms with van der Waals surface area (Å²) in [4.78, 5) is 21.7. The molecular formula is C8H11N3O2. The van der Waals surface area contributed by atoms with Crippen molar-refractivity contribution in [3.8, 4) is 6.07 Å². The molecule has 2 amide bonds. The van der Waals surface area contributed by atoms with Crippen LogP contribution < -0.4 is 10.6 Å². The van der Waals surface area contributed by atoms with Crippen molar-refractivity contribution in [2.75, 3.05) is 13.1 Å². The summed E-state index contributed by atoms with van der Waals surface area (Å²) in [5.74, 6) is -1.55. The Kier molecular flexibility index (Phi) is 4.96. The summed E-state index contributed by atoms with van der Waals surface area (Å²) in [5, 5.41) is 12.5. The van der Waals surface area contributed by atoms with Crippen molar-refractivity contribution in [3.05, 3.63) is 12.2 Å². The van der Waals surface area contributed by atoms with E-state index in [9.17, 15) is 9.59 Å². The number of nitrogens with one attached hydrogen (secondary N) is 2. The van der Waals surface area contributed by atoms with Crippen LogP contribution in [-0.4, -0.2) is 24.9 Å². The molecule has 0 saturated heterocycles. The predicted octanol–water partition coefficient (Wildman–Crippen LogP) is -0.682. The molecule has 0 rings (SSSR count). The second kappa shape index (κ2) is 5.77. The van der Waals surface area contributed by atoms with Crippen LogP contribution in [0.3, 0.4) is 0 Å². The minimum atomic E-state index is -0.803. The number of nitrogens with zero attached hydrogens (tertiary/aromatic N) is 1. The normalized spacial score (nSPS) is 8.31. The molecule has 0 aliphatic heterocycles. The maximum absolute atomic E-state index is 10.9. The largest absolute Gasteiger partial charge is 0.344 e. The number of amides is 2. The SMILES string of the molecule is C=C(C)CNC(=O)C(=O)NCC#N. The van der Waals surface area contributed by atoms with Crippen LogP contribution in [0.1, 0.15) is 6.92 Å². The van der Waals surface area contributed by atoms with Crippen molar-refractivity contribution in [2.24, 2.45) is 0 Å². The van der Waals surface area contributed by atoms with Crippen LogP contribution in [0.5, 0.6) is 0 Å². The molecule has 0 heterocycles. The van der Waals surface area contributed by atoms with Crippen molar-refractivity contribution < 1.29 is 9.59 Å². The highest BCUT2D eigenvalue weighted by molar-refractivity contribution is 6.35. The van der Waals surface area contributed by atoms with E-state index in [4.69, 9.17) is 5.26 Å². The van der Waals surface area contributed by atoms with Crippen LogP contribution in [0.25, 0.3) is 0 Å². The van der Waals surface area contributed by atoms with Crippen LogP contribution in [-0.2, 0) is 9.59 Å². The molecule has 13 heavy (non-hydrogen) atoms. The molecule has 0 atom stereocenters. The van der Waals surface area contributed by atoms with Crippen LogP contribution in [0.15, 0.2) is 12.2 Å². The van der Waals surface area contributed by atoms with Gasteiger partial charge in [0.1, 0.15) is 6.54 Å². The Morgan fingerprint density at radius 1 is 1.38 bits per heavy atom. The van der Waals surface area contributed by atoms with Crippen molar-refractivity contribution in [3.63, 3.8) is 0 Å². The van der Waals surface area contributed by atoms with E-state index in [0.29, 0.717) is 0 Å². The van der Waals surface area contributed by atoms with Gasteiger partial charge in [-0.25, -0.2) is 0 Å². The molecule has 0 aliphatic carbocycles. The number of rotatable bonds is 3. The topological polar surface area (TPSA) is 82.0 Å². The molecule has 0 unspecified atom stereocenters. The molecular weight excluding hydrogens is 170 g/mol. The second-order valence-electron chi connectivity index (χ2n) is 2.48. The zero-order chi connectivity index (χ0) is 10.3. The molecule has 0 aromatic rings. The Balaban J connectivity index is 3.78. The molecule has 0 aliphatic rings. The van der Waals surface area contributed by atoms with Crippen LogP contribution in [0.2, 0.25) is 0 Å². The van der Waals surface area contributed by atoms with Crippen LogP contribution in [0.4, 0.5) is 0 Å². The first kappa shape index (κ1) is 11.2. The molecule has 0 radical (unpaired) electrons. The average Bonchev–Trinajstić information content (AvgIpc) is 2.10. The molecule has 0 aromatic heterocycles. The van der Waals surface area contributed by atoms with E-state index in [1.165, 1.54) is 0 Å². The van der Waals surface area contributed by atoms with Gasteiger partial charge in [-0.05, 0) is 6.92 Å². The Morgan fingerprint density at radius 2 is 1.92 bits per heavy atom. The van der Waals surface area contributed by atoms with Gasteiger partial charge >= 0.3 is 11.8 Å². The maximum atomic E-state index is 10.9. The summed E-state index contributed by atoms with van der Waals surface area (Å²) in [6, 6.07) is 1.69. The van der Waals surface area contributed by atoms with Gasteiger partial charge in [0, 0.05) is 6.54 Å². The lowest BCUT2D eigenvalue weighted by molar-refractivity contribution is -0.138. The van der Waals surface area contributed by atoms with Crippen molar-refractivity contribution in [2.45, 2.75) is 6.92 Å². The lowest BCUT2D eigenvalue weighted by Gasteiger charge is -2.02. The summed E-state index contributed by atoms with van der Waals surface area (Å²) < 4.78 is 0. The Morgan fingerprint density at radius 3 is 2.38 bits per heavy atom. The minimum absolute atomic E-state index is 0.167. The van der Waals surface area contributed by atoms with Gasteiger partial charge in [-0.2, -0.15) is 5.26 Å². The highest BCUT2D eigenvalue weighted by atomic mass is 16.2. The molecule has 5 heteroatoms. The third kappa shape index (κ3) is 5.44. The molecule has 2 N–H and O–H groups in total. The number of carbonyl (C=O) groups is 2. The molecule has 0 aromatic carbocycles. The Labute approximate surface area is 76.4 Å². The predicted molar refractivity (Wildman–Crippen MR) is 46.4 cm³/mol. The molecule has 5 nitrogen and oxygen atoms in total. The zero-order valence-corrected chi connectivity index (χ0v) is 7.39. The first-order valence-corrected chi connectivity index (χ1v) is 3.65. The van der Waals surface area contributed by atoms with Gasteiger partial charge in [0.2, 0.25) is 0 Å². The van der Waals surface area contributed by atoms with E-state index < -0.39 is 11.8 Å². The molecule has 0 saturated carbocycles. The third-order valence-electron chi connectivity index (χ3n) is 1.08. The van der Waals surface area contributed by atoms with E-state index in [1.54, 1.807) is 13.0 Å². The number of hydrogen-bond donors (Lipinski definition) is 2. The maximum Gasteiger partial charge on any atom is 0.310 e. The van der Waals surface area contributed by atoms with Crippen molar-refractivity contribution in [1.82, 2.24) is 10.6 Å². The van der Waals surface area contributed by atoms with E-state index in [2.05, 4.69) is 17.2 Å². The highest BCUT2D eigenvalue weighted by Gasteiger charge is 2.10.